The molecule has 0 aliphatic carbocycles. The van der Waals surface area contributed by atoms with Gasteiger partial charge >= 0.3 is 5.69 Å². The summed E-state index contributed by atoms with van der Waals surface area (Å²) in [5.74, 6) is 1.37. The third-order valence-electron chi connectivity index (χ3n) is 4.92. The van der Waals surface area contributed by atoms with E-state index in [9.17, 15) is 9.90 Å². The number of imidazole rings is 1. The predicted molar refractivity (Wildman–Crippen MR) is 100 cm³/mol. The van der Waals surface area contributed by atoms with E-state index in [1.54, 1.807) is 29.4 Å². The Balaban J connectivity index is 1.51. The van der Waals surface area contributed by atoms with Gasteiger partial charge in [0, 0.05) is 39.9 Å². The molecule has 1 atom stereocenters. The summed E-state index contributed by atoms with van der Waals surface area (Å²) in [7, 11) is 3.55. The van der Waals surface area contributed by atoms with Crippen LogP contribution in [0.5, 0.6) is 0 Å². The van der Waals surface area contributed by atoms with Gasteiger partial charge in [-0.25, -0.2) is 9.78 Å². The van der Waals surface area contributed by atoms with Crippen LogP contribution in [0.4, 0.5) is 11.8 Å². The highest BCUT2D eigenvalue weighted by molar-refractivity contribution is 5.76. The Morgan fingerprint density at radius 2 is 2.04 bits per heavy atom. The third kappa shape index (κ3) is 2.92. The largest absolute Gasteiger partial charge is 0.391 e. The number of hydrogen-bond donors (Lipinski definition) is 2. The van der Waals surface area contributed by atoms with E-state index in [1.807, 2.05) is 24.3 Å². The summed E-state index contributed by atoms with van der Waals surface area (Å²) in [5.41, 5.74) is 2.82. The minimum atomic E-state index is -0.286. The summed E-state index contributed by atoms with van der Waals surface area (Å²) in [6, 6.07) is 7.81. The van der Waals surface area contributed by atoms with Crippen molar-refractivity contribution in [3.05, 3.63) is 46.5 Å². The number of aliphatic hydroxyl groups excluding tert-OH is 1. The Hall–Kier alpha value is -2.87. The average Bonchev–Trinajstić information content (AvgIpc) is 3.18. The molecule has 1 fully saturated rings. The van der Waals surface area contributed by atoms with Gasteiger partial charge in [0.15, 0.2) is 0 Å². The Morgan fingerprint density at radius 1 is 1.23 bits per heavy atom. The molecule has 4 rings (SSSR count). The fourth-order valence-corrected chi connectivity index (χ4v) is 3.40. The maximum atomic E-state index is 12.0. The van der Waals surface area contributed by atoms with Crippen LogP contribution >= 0.6 is 0 Å². The maximum absolute atomic E-state index is 12.0. The van der Waals surface area contributed by atoms with Gasteiger partial charge < -0.3 is 15.3 Å². The summed E-state index contributed by atoms with van der Waals surface area (Å²) >= 11 is 0. The van der Waals surface area contributed by atoms with Crippen LogP contribution in [-0.2, 0) is 20.6 Å². The normalized spacial score (nSPS) is 17.2. The first-order chi connectivity index (χ1) is 12.5. The van der Waals surface area contributed by atoms with Crippen molar-refractivity contribution in [1.29, 1.82) is 0 Å². The van der Waals surface area contributed by atoms with Crippen LogP contribution in [0.1, 0.15) is 12.0 Å². The van der Waals surface area contributed by atoms with Gasteiger partial charge in [0.2, 0.25) is 5.95 Å². The number of fused-ring (bicyclic) bond motifs is 1. The zero-order valence-electron chi connectivity index (χ0n) is 14.9. The monoisotopic (exact) mass is 354 g/mol. The van der Waals surface area contributed by atoms with E-state index in [1.165, 1.54) is 0 Å². The number of benzene rings is 1. The van der Waals surface area contributed by atoms with Gasteiger partial charge in [0.1, 0.15) is 5.82 Å². The summed E-state index contributed by atoms with van der Waals surface area (Å²) in [6.45, 7) is 1.97. The van der Waals surface area contributed by atoms with Crippen LogP contribution in [0.3, 0.4) is 0 Å². The van der Waals surface area contributed by atoms with Crippen molar-refractivity contribution < 1.29 is 5.11 Å². The highest BCUT2D eigenvalue weighted by atomic mass is 16.3. The Labute approximate surface area is 150 Å². The Kier molecular flexibility index (Phi) is 4.12. The molecule has 8 nitrogen and oxygen atoms in total. The third-order valence-corrected chi connectivity index (χ3v) is 4.92. The van der Waals surface area contributed by atoms with Crippen molar-refractivity contribution >= 4 is 22.8 Å². The number of hydrogen-bond acceptors (Lipinski definition) is 6. The fourth-order valence-electron chi connectivity index (χ4n) is 3.40. The molecule has 8 heteroatoms. The van der Waals surface area contributed by atoms with Crippen LogP contribution < -0.4 is 15.9 Å². The molecule has 2 N–H and O–H groups in total. The van der Waals surface area contributed by atoms with Crippen LogP contribution in [0.15, 0.2) is 35.3 Å². The molecular formula is C18H22N6O2. The predicted octanol–water partition coefficient (Wildman–Crippen LogP) is 0.850. The van der Waals surface area contributed by atoms with Crippen molar-refractivity contribution in [2.24, 2.45) is 14.1 Å². The highest BCUT2D eigenvalue weighted by Gasteiger charge is 2.21. The summed E-state index contributed by atoms with van der Waals surface area (Å²) < 4.78 is 3.29. The molecule has 3 heterocycles. The molecule has 3 aromatic rings. The fraction of sp³-hybridized carbons (Fsp3) is 0.389. The molecular weight excluding hydrogens is 332 g/mol. The van der Waals surface area contributed by atoms with Gasteiger partial charge in [-0.05, 0) is 30.2 Å². The van der Waals surface area contributed by atoms with E-state index in [0.717, 1.165) is 35.4 Å². The smallest absolute Gasteiger partial charge is 0.328 e. The maximum Gasteiger partial charge on any atom is 0.328 e. The molecule has 26 heavy (non-hydrogen) atoms. The zero-order valence-corrected chi connectivity index (χ0v) is 14.9. The summed E-state index contributed by atoms with van der Waals surface area (Å²) in [4.78, 5) is 22.9. The summed E-state index contributed by atoms with van der Waals surface area (Å²) in [6.07, 6.45) is 2.20. The lowest BCUT2D eigenvalue weighted by Gasteiger charge is -2.17. The first-order valence-electron chi connectivity index (χ1n) is 8.67. The standard InChI is InChI=1S/C18H22N6O2/c1-22-14-4-3-12(9-15(14)23(2)18(22)26)10-20-17-19-7-5-16(21-17)24-8-6-13(25)11-24/h3-5,7,9,13,25H,6,8,10-11H2,1-2H3,(H,19,20,21). The lowest BCUT2D eigenvalue weighted by molar-refractivity contribution is 0.198. The molecule has 1 saturated heterocycles. The lowest BCUT2D eigenvalue weighted by Crippen LogP contribution is -2.22. The minimum Gasteiger partial charge on any atom is -0.391 e. The Morgan fingerprint density at radius 3 is 2.81 bits per heavy atom. The van der Waals surface area contributed by atoms with Gasteiger partial charge in [-0.2, -0.15) is 4.98 Å². The SMILES string of the molecule is Cn1c(=O)n(C)c2cc(CNc3nccc(N4CCC(O)C4)n3)ccc21. The van der Waals surface area contributed by atoms with Crippen molar-refractivity contribution in [2.45, 2.75) is 19.1 Å². The molecule has 0 spiro atoms. The molecule has 136 valence electrons. The number of nitrogens with zero attached hydrogens (tertiary/aromatic N) is 5. The molecule has 1 aliphatic heterocycles. The van der Waals surface area contributed by atoms with E-state index >= 15 is 0 Å². The second-order valence-corrected chi connectivity index (χ2v) is 6.70. The molecule has 0 bridgehead atoms. The number of nitrogens with one attached hydrogen (secondary N) is 1. The molecule has 1 aliphatic rings. The lowest BCUT2D eigenvalue weighted by atomic mass is 10.2. The van der Waals surface area contributed by atoms with Crippen LogP contribution in [0, 0.1) is 0 Å². The van der Waals surface area contributed by atoms with E-state index in [0.29, 0.717) is 19.0 Å². The number of β-amino-alcohol motifs (C(OH)–C–C–N with tert-alkyl or cyclic N) is 1. The average molecular weight is 354 g/mol. The van der Waals surface area contributed by atoms with E-state index in [4.69, 9.17) is 0 Å². The molecule has 0 amide bonds. The first-order valence-corrected chi connectivity index (χ1v) is 8.67. The topological polar surface area (TPSA) is 88.2 Å². The summed E-state index contributed by atoms with van der Waals surface area (Å²) in [5, 5.41) is 12.9. The number of rotatable bonds is 4. The van der Waals surface area contributed by atoms with Crippen molar-refractivity contribution in [3.63, 3.8) is 0 Å². The van der Waals surface area contributed by atoms with Gasteiger partial charge in [-0.3, -0.25) is 9.13 Å². The second-order valence-electron chi connectivity index (χ2n) is 6.70. The Bertz CT molecular complexity index is 1010. The molecule has 0 saturated carbocycles. The molecule has 1 aromatic carbocycles. The van der Waals surface area contributed by atoms with Gasteiger partial charge in [0.25, 0.3) is 0 Å². The molecule has 0 radical (unpaired) electrons. The molecule has 1 unspecified atom stereocenters. The first kappa shape index (κ1) is 16.6. The van der Waals surface area contributed by atoms with E-state index in [-0.39, 0.29) is 11.8 Å². The van der Waals surface area contributed by atoms with Crippen LogP contribution in [0.25, 0.3) is 11.0 Å². The van der Waals surface area contributed by atoms with E-state index < -0.39 is 0 Å². The second kappa shape index (κ2) is 6.45. The van der Waals surface area contributed by atoms with Crippen molar-refractivity contribution in [1.82, 2.24) is 19.1 Å². The highest BCUT2D eigenvalue weighted by Crippen LogP contribution is 2.19. The number of aliphatic hydroxyl groups is 1. The zero-order chi connectivity index (χ0) is 18.3. The van der Waals surface area contributed by atoms with Gasteiger partial charge in [0.05, 0.1) is 17.1 Å². The van der Waals surface area contributed by atoms with E-state index in [2.05, 4.69) is 20.2 Å². The number of anilines is 2. The quantitative estimate of drug-likeness (QED) is 0.722. The molecule has 2 aromatic heterocycles. The van der Waals surface area contributed by atoms with Crippen molar-refractivity contribution in [3.8, 4) is 0 Å². The van der Waals surface area contributed by atoms with Gasteiger partial charge in [-0.15, -0.1) is 0 Å². The van der Waals surface area contributed by atoms with Crippen molar-refractivity contribution in [2.75, 3.05) is 23.3 Å². The number of aryl methyl sites for hydroxylation is 2. The van der Waals surface area contributed by atoms with Crippen LogP contribution in [-0.4, -0.2) is 43.4 Å². The number of aromatic nitrogens is 4. The minimum absolute atomic E-state index is 0.0334. The van der Waals surface area contributed by atoms with Crippen LogP contribution in [0.2, 0.25) is 0 Å². The van der Waals surface area contributed by atoms with Gasteiger partial charge in [-0.1, -0.05) is 6.07 Å².